The summed E-state index contributed by atoms with van der Waals surface area (Å²) in [6.07, 6.45) is 20.2. The minimum atomic E-state index is 0.154. The summed E-state index contributed by atoms with van der Waals surface area (Å²) in [7, 11) is 0. The fraction of sp³-hybridized carbons (Fsp3) is 0.650. The van der Waals surface area contributed by atoms with Crippen molar-refractivity contribution in [3.05, 3.63) is 59.4 Å². The molecule has 0 spiro atoms. The molecule has 8 fully saturated rings. The third kappa shape index (κ3) is 5.13. The highest BCUT2D eigenvalue weighted by Gasteiger charge is 2.54. The lowest BCUT2D eigenvalue weighted by molar-refractivity contribution is -0.00663. The fourth-order valence-electron chi connectivity index (χ4n) is 12.3. The van der Waals surface area contributed by atoms with E-state index in [1.54, 1.807) is 18.1 Å². The molecule has 244 valence electrons. The largest absolute Gasteiger partial charge is 0.487 e. The van der Waals surface area contributed by atoms with Gasteiger partial charge in [-0.15, -0.1) is 0 Å². The van der Waals surface area contributed by atoms with Gasteiger partial charge in [0.25, 0.3) is 0 Å². The molecule has 2 aromatic rings. The molecular weight excluding hydrogens is 576 g/mol. The number of benzene rings is 2. The molecule has 0 unspecified atom stereocenters. The molecule has 46 heavy (non-hydrogen) atoms. The van der Waals surface area contributed by atoms with Crippen molar-refractivity contribution in [2.45, 2.75) is 87.9 Å². The third-order valence-corrected chi connectivity index (χ3v) is 13.3. The lowest BCUT2D eigenvalue weighted by atomic mass is 9.47. The van der Waals surface area contributed by atoms with Crippen LogP contribution in [0.5, 0.6) is 11.5 Å². The first kappa shape index (κ1) is 28.3. The Balaban J connectivity index is 1.06. The topological polar surface area (TPSA) is 62.0 Å². The summed E-state index contributed by atoms with van der Waals surface area (Å²) in [6.45, 7) is 3.01. The van der Waals surface area contributed by atoms with Crippen molar-refractivity contribution in [3.8, 4) is 11.5 Å². The molecule has 0 N–H and O–H groups in total. The first-order valence-corrected chi connectivity index (χ1v) is 18.3. The van der Waals surface area contributed by atoms with Gasteiger partial charge in [0, 0.05) is 11.0 Å². The van der Waals surface area contributed by atoms with Crippen LogP contribution in [0.1, 0.15) is 88.2 Å². The number of rotatable bonds is 14. The van der Waals surface area contributed by atoms with Crippen molar-refractivity contribution in [3.63, 3.8) is 0 Å². The van der Waals surface area contributed by atoms with Gasteiger partial charge in [0.05, 0.1) is 13.2 Å². The van der Waals surface area contributed by atoms with Gasteiger partial charge in [-0.2, -0.15) is 0 Å². The summed E-state index contributed by atoms with van der Waals surface area (Å²) in [4.78, 5) is 0. The van der Waals surface area contributed by atoms with E-state index in [4.69, 9.17) is 28.4 Å². The van der Waals surface area contributed by atoms with Crippen LogP contribution in [0.2, 0.25) is 0 Å². The van der Waals surface area contributed by atoms with Gasteiger partial charge in [0.1, 0.15) is 39.0 Å². The lowest BCUT2D eigenvalue weighted by Gasteiger charge is -2.58. The second kappa shape index (κ2) is 10.9. The van der Waals surface area contributed by atoms with Crippen LogP contribution in [0.3, 0.4) is 0 Å². The molecule has 2 aromatic carbocycles. The van der Waals surface area contributed by atoms with Crippen molar-refractivity contribution in [1.29, 1.82) is 0 Å². The molecule has 0 atom stereocenters. The summed E-state index contributed by atoms with van der Waals surface area (Å²) in [5.74, 6) is 8.96. The first-order chi connectivity index (χ1) is 22.6. The minimum absolute atomic E-state index is 0.154. The van der Waals surface area contributed by atoms with Crippen LogP contribution >= 0.6 is 0 Å². The molecule has 12 rings (SSSR count). The Hall–Kier alpha value is -2.70. The highest BCUT2D eigenvalue weighted by Crippen LogP contribution is 2.65. The zero-order valence-electron chi connectivity index (χ0n) is 27.1. The molecule has 0 radical (unpaired) electrons. The van der Waals surface area contributed by atoms with E-state index in [-0.39, 0.29) is 5.41 Å². The maximum absolute atomic E-state index is 6.88. The van der Waals surface area contributed by atoms with Crippen molar-refractivity contribution in [2.24, 2.45) is 35.5 Å². The summed E-state index contributed by atoms with van der Waals surface area (Å²) < 4.78 is 35.5. The molecule has 6 nitrogen and oxygen atoms in total. The predicted molar refractivity (Wildman–Crippen MR) is 175 cm³/mol. The Morgan fingerprint density at radius 3 is 1.61 bits per heavy atom. The van der Waals surface area contributed by atoms with Crippen LogP contribution in [0, 0.1) is 35.5 Å². The average Bonchev–Trinajstić information content (AvgIpc) is 3.95. The third-order valence-electron chi connectivity index (χ3n) is 13.3. The second-order valence-electron chi connectivity index (χ2n) is 16.6. The van der Waals surface area contributed by atoms with Crippen LogP contribution in [0.25, 0.3) is 10.8 Å². The molecule has 8 saturated carbocycles. The van der Waals surface area contributed by atoms with E-state index in [1.807, 2.05) is 0 Å². The van der Waals surface area contributed by atoms with E-state index in [2.05, 4.69) is 24.3 Å². The molecule has 10 aliphatic rings. The normalized spacial score (nSPS) is 37.1. The summed E-state index contributed by atoms with van der Waals surface area (Å²) in [5.41, 5.74) is 3.58. The Labute approximate surface area is 272 Å². The Morgan fingerprint density at radius 1 is 0.587 bits per heavy atom. The summed E-state index contributed by atoms with van der Waals surface area (Å²) in [6, 6.07) is 9.85. The zero-order chi connectivity index (χ0) is 30.3. The first-order valence-electron chi connectivity index (χ1n) is 18.3. The molecule has 2 heterocycles. The Bertz CT molecular complexity index is 1520. The van der Waals surface area contributed by atoms with Crippen molar-refractivity contribution >= 4 is 10.8 Å². The van der Waals surface area contributed by atoms with Crippen molar-refractivity contribution in [2.75, 3.05) is 39.6 Å². The molecule has 8 aliphatic carbocycles. The molecule has 0 aromatic heterocycles. The molecule has 6 heteroatoms. The standard InChI is InChI=1S/C40H48O6/c1-2-32(39-15-25-7-26(16-39)9-27(8-25)17-39)14-35-31(1)13-36(43-5-3-41-21-33-23-45-33)38(44-6-4-42-22-34-24-46-34)37(35)40-18-28-10-29(19-40)12-30(11-28)20-40/h1-2,13-14,23-30H,3-12,15-22H2. The smallest absolute Gasteiger partial charge is 0.165 e. The van der Waals surface area contributed by atoms with E-state index in [0.717, 1.165) is 58.5 Å². The molecule has 0 amide bonds. The molecule has 2 aliphatic heterocycles. The Morgan fingerprint density at radius 2 is 1.09 bits per heavy atom. The maximum atomic E-state index is 6.88. The molecule has 8 bridgehead atoms. The number of hydrogen-bond acceptors (Lipinski definition) is 6. The average molecular weight is 625 g/mol. The van der Waals surface area contributed by atoms with E-state index in [9.17, 15) is 0 Å². The van der Waals surface area contributed by atoms with Crippen LogP contribution in [0.4, 0.5) is 0 Å². The van der Waals surface area contributed by atoms with Gasteiger partial charge in [-0.3, -0.25) is 0 Å². The highest BCUT2D eigenvalue weighted by molar-refractivity contribution is 5.92. The second-order valence-corrected chi connectivity index (χ2v) is 16.6. The van der Waals surface area contributed by atoms with Gasteiger partial charge >= 0.3 is 0 Å². The zero-order valence-corrected chi connectivity index (χ0v) is 27.1. The summed E-state index contributed by atoms with van der Waals surface area (Å²) >= 11 is 0. The predicted octanol–water partition coefficient (Wildman–Crippen LogP) is 8.31. The monoisotopic (exact) mass is 624 g/mol. The van der Waals surface area contributed by atoms with E-state index < -0.39 is 0 Å². The molecular formula is C40H48O6. The minimum Gasteiger partial charge on any atom is -0.487 e. The van der Waals surface area contributed by atoms with Crippen LogP contribution in [-0.2, 0) is 29.8 Å². The van der Waals surface area contributed by atoms with Crippen LogP contribution in [-0.4, -0.2) is 39.6 Å². The lowest BCUT2D eigenvalue weighted by Crippen LogP contribution is -2.49. The number of fused-ring (bicyclic) bond motifs is 1. The fourth-order valence-corrected chi connectivity index (χ4v) is 12.3. The number of hydrogen-bond donors (Lipinski definition) is 0. The van der Waals surface area contributed by atoms with Gasteiger partial charge in [0.15, 0.2) is 23.0 Å². The Kier molecular flexibility index (Phi) is 6.72. The van der Waals surface area contributed by atoms with Crippen molar-refractivity contribution < 1.29 is 28.4 Å². The SMILES string of the molecule is C1=C(COCCOc2cc3ccc(C45CC6CC(CC(C6)C4)C5)cc3c(C34CC5CC(CC(C5)C3)C4)c2OCCOCC2=CO2)O1. The highest BCUT2D eigenvalue weighted by atomic mass is 16.6. The van der Waals surface area contributed by atoms with E-state index >= 15 is 0 Å². The number of ether oxygens (including phenoxy) is 6. The maximum Gasteiger partial charge on any atom is 0.165 e. The van der Waals surface area contributed by atoms with Gasteiger partial charge in [-0.05, 0) is 140 Å². The van der Waals surface area contributed by atoms with Crippen LogP contribution < -0.4 is 9.47 Å². The quantitative estimate of drug-likeness (QED) is 0.197. The van der Waals surface area contributed by atoms with Gasteiger partial charge in [0.2, 0.25) is 0 Å². The van der Waals surface area contributed by atoms with Gasteiger partial charge in [-0.25, -0.2) is 0 Å². The van der Waals surface area contributed by atoms with Gasteiger partial charge in [-0.1, -0.05) is 18.2 Å². The van der Waals surface area contributed by atoms with E-state index in [1.165, 1.54) is 93.4 Å². The van der Waals surface area contributed by atoms with Crippen molar-refractivity contribution in [1.82, 2.24) is 0 Å². The van der Waals surface area contributed by atoms with E-state index in [0.29, 0.717) is 45.1 Å². The summed E-state index contributed by atoms with van der Waals surface area (Å²) in [5, 5.41) is 2.73. The van der Waals surface area contributed by atoms with Crippen LogP contribution in [0.15, 0.2) is 48.3 Å². The molecule has 0 saturated heterocycles. The van der Waals surface area contributed by atoms with Gasteiger partial charge < -0.3 is 28.4 Å².